The number of carbonyl (C=O) groups is 1. The molecule has 0 bridgehead atoms. The summed E-state index contributed by atoms with van der Waals surface area (Å²) in [7, 11) is -1.55. The van der Waals surface area contributed by atoms with Crippen LogP contribution in [0.2, 0.25) is 0 Å². The van der Waals surface area contributed by atoms with E-state index in [2.05, 4.69) is 15.9 Å². The lowest BCUT2D eigenvalue weighted by Crippen LogP contribution is -2.40. The van der Waals surface area contributed by atoms with Gasteiger partial charge in [-0.1, -0.05) is 34.1 Å². The lowest BCUT2D eigenvalue weighted by molar-refractivity contribution is 0.0680. The second-order valence-corrected chi connectivity index (χ2v) is 9.50. The molecule has 1 atom stereocenters. The molecule has 1 amide bonds. The first-order valence-corrected chi connectivity index (χ1v) is 10.9. The molecule has 0 radical (unpaired) electrons. The molecule has 1 aliphatic rings. The number of hydrogen-bond acceptors (Lipinski definition) is 4. The van der Waals surface area contributed by atoms with E-state index >= 15 is 0 Å². The fourth-order valence-electron chi connectivity index (χ4n) is 3.14. The second kappa shape index (κ2) is 7.80. The molecule has 1 saturated heterocycles. The Labute approximate surface area is 162 Å². The molecular weight excluding hydrogens is 418 g/mol. The van der Waals surface area contributed by atoms with Crippen LogP contribution in [-0.2, 0) is 16.4 Å². The van der Waals surface area contributed by atoms with Gasteiger partial charge in [0.15, 0.2) is 9.84 Å². The Morgan fingerprint density at radius 3 is 2.65 bits per heavy atom. The van der Waals surface area contributed by atoms with Gasteiger partial charge in [-0.3, -0.25) is 4.79 Å². The number of halogens is 1. The average molecular weight is 438 g/mol. The Morgan fingerprint density at radius 1 is 1.23 bits per heavy atom. The zero-order chi connectivity index (χ0) is 18.7. The van der Waals surface area contributed by atoms with E-state index in [-0.39, 0.29) is 23.5 Å². The summed E-state index contributed by atoms with van der Waals surface area (Å²) < 4.78 is 30.0. The first-order valence-electron chi connectivity index (χ1n) is 8.28. The minimum Gasteiger partial charge on any atom is -0.497 e. The maximum absolute atomic E-state index is 13.2. The summed E-state index contributed by atoms with van der Waals surface area (Å²) in [5.74, 6) is 0.539. The normalized spacial score (nSPS) is 18.5. The molecule has 0 N–H and O–H groups in total. The van der Waals surface area contributed by atoms with E-state index in [0.717, 1.165) is 10.0 Å². The Bertz CT molecular complexity index is 913. The average Bonchev–Trinajstić information content (AvgIpc) is 2.99. The van der Waals surface area contributed by atoms with Gasteiger partial charge >= 0.3 is 0 Å². The van der Waals surface area contributed by atoms with Gasteiger partial charge in [-0.25, -0.2) is 8.42 Å². The van der Waals surface area contributed by atoms with Crippen LogP contribution in [0.4, 0.5) is 0 Å². The van der Waals surface area contributed by atoms with E-state index in [9.17, 15) is 13.2 Å². The van der Waals surface area contributed by atoms with Gasteiger partial charge < -0.3 is 9.64 Å². The highest BCUT2D eigenvalue weighted by Gasteiger charge is 2.35. The SMILES string of the molecule is COc1cccc(C(=O)N(Cc2cccc(Br)c2)[C@H]2CCS(=O)(=O)C2)c1. The maximum Gasteiger partial charge on any atom is 0.254 e. The number of rotatable bonds is 5. The molecule has 0 aliphatic carbocycles. The third-order valence-corrected chi connectivity index (χ3v) is 6.71. The van der Waals surface area contributed by atoms with E-state index in [4.69, 9.17) is 4.74 Å². The van der Waals surface area contributed by atoms with Crippen LogP contribution in [0.5, 0.6) is 5.75 Å². The van der Waals surface area contributed by atoms with Crippen LogP contribution >= 0.6 is 15.9 Å². The molecule has 2 aromatic rings. The van der Waals surface area contributed by atoms with Crippen LogP contribution in [-0.4, -0.2) is 43.9 Å². The number of methoxy groups -OCH3 is 1. The van der Waals surface area contributed by atoms with Gasteiger partial charge in [0.25, 0.3) is 5.91 Å². The molecule has 1 heterocycles. The fraction of sp³-hybridized carbons (Fsp3) is 0.316. The number of nitrogens with zero attached hydrogens (tertiary/aromatic N) is 1. The summed E-state index contributed by atoms with van der Waals surface area (Å²) in [5.41, 5.74) is 1.43. The van der Waals surface area contributed by atoms with Gasteiger partial charge in [-0.15, -0.1) is 0 Å². The van der Waals surface area contributed by atoms with Crippen molar-refractivity contribution in [2.45, 2.75) is 19.0 Å². The molecule has 26 heavy (non-hydrogen) atoms. The van der Waals surface area contributed by atoms with E-state index in [1.54, 1.807) is 36.3 Å². The van der Waals surface area contributed by atoms with Crippen LogP contribution in [0.15, 0.2) is 53.0 Å². The highest BCUT2D eigenvalue weighted by Crippen LogP contribution is 2.24. The van der Waals surface area contributed by atoms with E-state index in [1.807, 2.05) is 24.3 Å². The molecule has 1 fully saturated rings. The van der Waals surface area contributed by atoms with Crippen molar-refractivity contribution in [3.63, 3.8) is 0 Å². The molecule has 7 heteroatoms. The summed E-state index contributed by atoms with van der Waals surface area (Å²) >= 11 is 3.44. The van der Waals surface area contributed by atoms with Crippen molar-refractivity contribution in [1.82, 2.24) is 4.90 Å². The highest BCUT2D eigenvalue weighted by molar-refractivity contribution is 9.10. The summed E-state index contributed by atoms with van der Waals surface area (Å²) in [6, 6.07) is 14.3. The molecule has 0 saturated carbocycles. The minimum absolute atomic E-state index is 0.0106. The predicted molar refractivity (Wildman–Crippen MR) is 104 cm³/mol. The summed E-state index contributed by atoms with van der Waals surface area (Å²) in [4.78, 5) is 14.8. The van der Waals surface area contributed by atoms with Crippen molar-refractivity contribution >= 4 is 31.7 Å². The van der Waals surface area contributed by atoms with Crippen LogP contribution < -0.4 is 4.74 Å². The summed E-state index contributed by atoms with van der Waals surface area (Å²) in [5, 5.41) is 0. The Morgan fingerprint density at radius 2 is 2.00 bits per heavy atom. The lowest BCUT2D eigenvalue weighted by atomic mass is 10.1. The van der Waals surface area contributed by atoms with Gasteiger partial charge in [0.2, 0.25) is 0 Å². The second-order valence-electron chi connectivity index (χ2n) is 6.35. The van der Waals surface area contributed by atoms with Crippen LogP contribution in [0.25, 0.3) is 0 Å². The number of ether oxygens (including phenoxy) is 1. The summed E-state index contributed by atoms with van der Waals surface area (Å²) in [6.07, 6.45) is 0.464. The number of amides is 1. The van der Waals surface area contributed by atoms with Crippen molar-refractivity contribution in [3.05, 3.63) is 64.1 Å². The molecule has 0 aromatic heterocycles. The van der Waals surface area contributed by atoms with E-state index in [0.29, 0.717) is 24.3 Å². The first-order chi connectivity index (χ1) is 12.4. The van der Waals surface area contributed by atoms with Gasteiger partial charge in [-0.05, 0) is 42.3 Å². The van der Waals surface area contributed by atoms with Crippen LogP contribution in [0, 0.1) is 0 Å². The van der Waals surface area contributed by atoms with Gasteiger partial charge in [0.05, 0.1) is 18.6 Å². The number of carbonyl (C=O) groups excluding carboxylic acids is 1. The van der Waals surface area contributed by atoms with Crippen LogP contribution in [0.1, 0.15) is 22.3 Å². The minimum atomic E-state index is -3.10. The maximum atomic E-state index is 13.2. The molecule has 0 unspecified atom stereocenters. The molecule has 5 nitrogen and oxygen atoms in total. The zero-order valence-corrected chi connectivity index (χ0v) is 16.8. The van der Waals surface area contributed by atoms with Crippen molar-refractivity contribution in [1.29, 1.82) is 0 Å². The van der Waals surface area contributed by atoms with Crippen LogP contribution in [0.3, 0.4) is 0 Å². The van der Waals surface area contributed by atoms with Crippen molar-refractivity contribution in [2.24, 2.45) is 0 Å². The fourth-order valence-corrected chi connectivity index (χ4v) is 5.32. The summed E-state index contributed by atoms with van der Waals surface area (Å²) in [6.45, 7) is 0.357. The highest BCUT2D eigenvalue weighted by atomic mass is 79.9. The molecule has 2 aromatic carbocycles. The van der Waals surface area contributed by atoms with Gasteiger partial charge in [0.1, 0.15) is 5.75 Å². The van der Waals surface area contributed by atoms with Crippen molar-refractivity contribution in [2.75, 3.05) is 18.6 Å². The van der Waals surface area contributed by atoms with Crippen molar-refractivity contribution in [3.8, 4) is 5.75 Å². The first kappa shape index (κ1) is 18.9. The van der Waals surface area contributed by atoms with Gasteiger partial charge in [0, 0.05) is 22.6 Å². The predicted octanol–water partition coefficient (Wildman–Crippen LogP) is 3.29. The van der Waals surface area contributed by atoms with Gasteiger partial charge in [-0.2, -0.15) is 0 Å². The largest absolute Gasteiger partial charge is 0.497 e. The Kier molecular flexibility index (Phi) is 5.67. The Balaban J connectivity index is 1.92. The topological polar surface area (TPSA) is 63.7 Å². The smallest absolute Gasteiger partial charge is 0.254 e. The van der Waals surface area contributed by atoms with E-state index < -0.39 is 9.84 Å². The molecular formula is C19H20BrNO4S. The molecule has 1 aliphatic heterocycles. The third-order valence-electron chi connectivity index (χ3n) is 4.47. The van der Waals surface area contributed by atoms with E-state index in [1.165, 1.54) is 0 Å². The third kappa shape index (κ3) is 4.45. The molecule has 0 spiro atoms. The standard InChI is InChI=1S/C19H20BrNO4S/c1-25-18-7-3-5-15(11-18)19(22)21(17-8-9-26(23,24)13-17)12-14-4-2-6-16(20)10-14/h2-7,10-11,17H,8-9,12-13H2,1H3/t17-/m0/s1. The number of hydrogen-bond donors (Lipinski definition) is 0. The quantitative estimate of drug-likeness (QED) is 0.719. The zero-order valence-electron chi connectivity index (χ0n) is 14.4. The van der Waals surface area contributed by atoms with Crippen molar-refractivity contribution < 1.29 is 17.9 Å². The number of benzene rings is 2. The monoisotopic (exact) mass is 437 g/mol. The molecule has 138 valence electrons. The Hall–Kier alpha value is -1.86. The molecule has 3 rings (SSSR count). The lowest BCUT2D eigenvalue weighted by Gasteiger charge is -2.28. The number of sulfone groups is 1.